The van der Waals surface area contributed by atoms with Crippen molar-refractivity contribution in [2.45, 2.75) is 18.9 Å². The number of amides is 1. The second kappa shape index (κ2) is 11.3. The van der Waals surface area contributed by atoms with E-state index >= 15 is 0 Å². The van der Waals surface area contributed by atoms with Crippen LogP contribution >= 0.6 is 0 Å². The second-order valence-corrected chi connectivity index (χ2v) is 11.0. The SMILES string of the molecule is CN(C)CCCC(=O)N1CCN2C[C@@H]1COc1cc3ncnc(Nc4ccc(Oc5ccn6ncnc6c5)cc4)c3nc12. The summed E-state index contributed by atoms with van der Waals surface area (Å²) in [4.78, 5) is 37.4. The Morgan fingerprint density at radius 3 is 2.81 bits per heavy atom. The van der Waals surface area contributed by atoms with Gasteiger partial charge in [-0.15, -0.1) is 0 Å². The topological polar surface area (TPSA) is 126 Å². The Bertz CT molecular complexity index is 1770. The number of carbonyl (C=O) groups excluding carboxylic acids is 1. The molecule has 1 aromatic carbocycles. The van der Waals surface area contributed by atoms with Crippen molar-refractivity contribution in [2.75, 3.05) is 57.1 Å². The predicted octanol–water partition coefficient (Wildman–Crippen LogP) is 3.35. The highest BCUT2D eigenvalue weighted by Gasteiger charge is 2.35. The minimum atomic E-state index is -0.0272. The highest BCUT2D eigenvalue weighted by Crippen LogP contribution is 2.36. The molecule has 1 amide bonds. The van der Waals surface area contributed by atoms with Crippen LogP contribution in [0.4, 0.5) is 17.3 Å². The van der Waals surface area contributed by atoms with Gasteiger partial charge in [-0.05, 0) is 57.4 Å². The molecule has 2 bridgehead atoms. The van der Waals surface area contributed by atoms with Gasteiger partial charge >= 0.3 is 0 Å². The molecule has 0 unspecified atom stereocenters. The molecule has 43 heavy (non-hydrogen) atoms. The average molecular weight is 581 g/mol. The maximum atomic E-state index is 13.0. The third-order valence-corrected chi connectivity index (χ3v) is 7.69. The molecule has 13 nitrogen and oxygen atoms in total. The van der Waals surface area contributed by atoms with E-state index in [1.807, 2.05) is 61.5 Å². The number of nitrogens with one attached hydrogen (secondary N) is 1. The van der Waals surface area contributed by atoms with Crippen LogP contribution in [0.3, 0.4) is 0 Å². The van der Waals surface area contributed by atoms with Gasteiger partial charge < -0.3 is 29.5 Å². The van der Waals surface area contributed by atoms with E-state index in [1.165, 1.54) is 12.7 Å². The lowest BCUT2D eigenvalue weighted by atomic mass is 10.1. The number of hydrogen-bond donors (Lipinski definition) is 1. The molecule has 220 valence electrons. The van der Waals surface area contributed by atoms with Gasteiger partial charge in [-0.3, -0.25) is 4.79 Å². The number of fused-ring (bicyclic) bond motifs is 6. The molecule has 1 atom stereocenters. The number of piperazine rings is 1. The standard InChI is InChI=1S/C30H32N10O3/c1-37(2)10-3-4-27(41)39-13-12-38-16-21(39)17-42-25-15-24-28(36-30(25)38)29(33-18-31-24)35-20-5-7-22(8-6-20)43-23-9-11-40-26(14-23)32-19-34-40/h5-9,11,14-15,18-19,21H,3-4,10,12-13,16-17H2,1-2H3,(H,31,33,35)/t21-/m1/s1. The molecule has 0 saturated carbocycles. The monoisotopic (exact) mass is 580 g/mol. The summed E-state index contributed by atoms with van der Waals surface area (Å²) < 4.78 is 13.9. The maximum Gasteiger partial charge on any atom is 0.223 e. The summed E-state index contributed by atoms with van der Waals surface area (Å²) in [5.41, 5.74) is 2.86. The highest BCUT2D eigenvalue weighted by atomic mass is 16.5. The summed E-state index contributed by atoms with van der Waals surface area (Å²) in [6.07, 6.45) is 6.21. The quantitative estimate of drug-likeness (QED) is 0.290. The van der Waals surface area contributed by atoms with Crippen molar-refractivity contribution in [3.63, 3.8) is 0 Å². The van der Waals surface area contributed by atoms with Crippen LogP contribution < -0.4 is 19.7 Å². The Labute approximate surface area is 248 Å². The van der Waals surface area contributed by atoms with Crippen molar-refractivity contribution in [1.82, 2.24) is 39.3 Å². The van der Waals surface area contributed by atoms with Crippen molar-refractivity contribution in [3.05, 3.63) is 61.3 Å². The van der Waals surface area contributed by atoms with Crippen LogP contribution in [0.15, 0.2) is 61.3 Å². The molecule has 1 fully saturated rings. The first-order valence-corrected chi connectivity index (χ1v) is 14.3. The first-order chi connectivity index (χ1) is 21.0. The Kier molecular flexibility index (Phi) is 7.07. The van der Waals surface area contributed by atoms with Gasteiger partial charge in [-0.25, -0.2) is 24.5 Å². The van der Waals surface area contributed by atoms with Crippen LogP contribution in [0.5, 0.6) is 17.2 Å². The lowest BCUT2D eigenvalue weighted by molar-refractivity contribution is -0.134. The van der Waals surface area contributed by atoms with Gasteiger partial charge in [0.25, 0.3) is 0 Å². The number of pyridine rings is 2. The molecule has 6 heterocycles. The summed E-state index contributed by atoms with van der Waals surface area (Å²) in [7, 11) is 4.05. The molecule has 2 aliphatic heterocycles. The van der Waals surface area contributed by atoms with Crippen LogP contribution in [-0.2, 0) is 4.79 Å². The lowest BCUT2D eigenvalue weighted by Gasteiger charge is -2.39. The number of anilines is 3. The molecule has 5 aromatic rings. The summed E-state index contributed by atoms with van der Waals surface area (Å²) in [5.74, 6) is 3.56. The van der Waals surface area contributed by atoms with Crippen LogP contribution in [0, 0.1) is 0 Å². The van der Waals surface area contributed by atoms with Crippen molar-refractivity contribution in [2.24, 2.45) is 0 Å². The molecule has 4 aromatic heterocycles. The van der Waals surface area contributed by atoms with E-state index in [1.54, 1.807) is 10.7 Å². The van der Waals surface area contributed by atoms with Gasteiger partial charge in [0, 0.05) is 50.1 Å². The average Bonchev–Trinajstić information content (AvgIpc) is 3.43. The van der Waals surface area contributed by atoms with Gasteiger partial charge in [-0.2, -0.15) is 5.10 Å². The molecule has 0 radical (unpaired) electrons. The lowest BCUT2D eigenvalue weighted by Crippen LogP contribution is -2.56. The minimum absolute atomic E-state index is 0.0272. The van der Waals surface area contributed by atoms with E-state index in [4.69, 9.17) is 14.5 Å². The first-order valence-electron chi connectivity index (χ1n) is 14.3. The molecule has 1 saturated heterocycles. The molecule has 7 rings (SSSR count). The largest absolute Gasteiger partial charge is 0.487 e. The Hall–Kier alpha value is -5.04. The number of ether oxygens (including phenoxy) is 2. The minimum Gasteiger partial charge on any atom is -0.487 e. The zero-order valence-electron chi connectivity index (χ0n) is 24.1. The van der Waals surface area contributed by atoms with E-state index in [0.717, 1.165) is 24.5 Å². The first kappa shape index (κ1) is 26.8. The number of hydrogen-bond acceptors (Lipinski definition) is 11. The van der Waals surface area contributed by atoms with Crippen LogP contribution in [0.2, 0.25) is 0 Å². The van der Waals surface area contributed by atoms with Gasteiger partial charge in [-0.1, -0.05) is 0 Å². The highest BCUT2D eigenvalue weighted by molar-refractivity contribution is 5.90. The van der Waals surface area contributed by atoms with Gasteiger partial charge in [0.05, 0.1) is 11.6 Å². The Balaban J connectivity index is 1.07. The second-order valence-electron chi connectivity index (χ2n) is 11.0. The predicted molar refractivity (Wildman–Crippen MR) is 161 cm³/mol. The summed E-state index contributed by atoms with van der Waals surface area (Å²) in [5, 5.41) is 7.49. The number of aromatic nitrogens is 6. The smallest absolute Gasteiger partial charge is 0.223 e. The van der Waals surface area contributed by atoms with E-state index in [2.05, 4.69) is 35.2 Å². The van der Waals surface area contributed by atoms with Crippen LogP contribution in [0.25, 0.3) is 16.7 Å². The summed E-state index contributed by atoms with van der Waals surface area (Å²) >= 11 is 0. The van der Waals surface area contributed by atoms with Crippen molar-refractivity contribution < 1.29 is 14.3 Å². The van der Waals surface area contributed by atoms with Gasteiger partial charge in [0.2, 0.25) is 5.91 Å². The van der Waals surface area contributed by atoms with Crippen LogP contribution in [-0.4, -0.2) is 98.2 Å². The molecular formula is C30H32N10O3. The third kappa shape index (κ3) is 5.58. The molecule has 0 aliphatic carbocycles. The molecule has 13 heteroatoms. The van der Waals surface area contributed by atoms with E-state index in [-0.39, 0.29) is 11.9 Å². The molecular weight excluding hydrogens is 548 g/mol. The number of rotatable bonds is 8. The van der Waals surface area contributed by atoms with Crippen molar-refractivity contribution >= 4 is 39.9 Å². The fourth-order valence-electron chi connectivity index (χ4n) is 5.52. The van der Waals surface area contributed by atoms with Crippen molar-refractivity contribution in [3.8, 4) is 17.2 Å². The van der Waals surface area contributed by atoms with E-state index < -0.39 is 0 Å². The normalized spacial score (nSPS) is 16.2. The molecule has 2 aliphatic rings. The number of carbonyl (C=O) groups is 1. The fraction of sp³-hybridized carbons (Fsp3) is 0.333. The van der Waals surface area contributed by atoms with E-state index in [0.29, 0.717) is 72.4 Å². The zero-order valence-corrected chi connectivity index (χ0v) is 24.1. The summed E-state index contributed by atoms with van der Waals surface area (Å²) in [6, 6.07) is 13.2. The number of benzene rings is 1. The number of nitrogens with zero attached hydrogens (tertiary/aromatic N) is 9. The van der Waals surface area contributed by atoms with Gasteiger partial charge in [0.15, 0.2) is 23.0 Å². The van der Waals surface area contributed by atoms with E-state index in [9.17, 15) is 4.79 Å². The summed E-state index contributed by atoms with van der Waals surface area (Å²) in [6.45, 7) is 3.32. The van der Waals surface area contributed by atoms with Gasteiger partial charge in [0.1, 0.15) is 36.3 Å². The van der Waals surface area contributed by atoms with Crippen LogP contribution in [0.1, 0.15) is 12.8 Å². The Morgan fingerprint density at radius 1 is 1.07 bits per heavy atom. The fourth-order valence-corrected chi connectivity index (χ4v) is 5.52. The third-order valence-electron chi connectivity index (χ3n) is 7.69. The zero-order chi connectivity index (χ0) is 29.3. The van der Waals surface area contributed by atoms with Crippen molar-refractivity contribution in [1.29, 1.82) is 0 Å². The maximum absolute atomic E-state index is 13.0. The Morgan fingerprint density at radius 2 is 1.95 bits per heavy atom. The molecule has 1 N–H and O–H groups in total. The molecule has 0 spiro atoms.